The Labute approximate surface area is 274 Å². The van der Waals surface area contributed by atoms with Gasteiger partial charge in [-0.25, -0.2) is 9.36 Å². The van der Waals surface area contributed by atoms with Gasteiger partial charge in [0.25, 0.3) is 11.5 Å². The molecule has 4 aromatic rings. The van der Waals surface area contributed by atoms with Crippen molar-refractivity contribution in [2.45, 2.75) is 37.9 Å². The molecule has 2 aromatic heterocycles. The van der Waals surface area contributed by atoms with E-state index >= 15 is 0 Å². The number of nitrogens with one attached hydrogen (secondary N) is 1. The van der Waals surface area contributed by atoms with E-state index in [9.17, 15) is 32.8 Å². The van der Waals surface area contributed by atoms with Crippen LogP contribution in [0.15, 0.2) is 65.6 Å². The molecule has 0 radical (unpaired) electrons. The van der Waals surface area contributed by atoms with Crippen molar-refractivity contribution in [1.82, 2.24) is 34.3 Å². The van der Waals surface area contributed by atoms with Crippen molar-refractivity contribution < 1.29 is 22.8 Å². The minimum atomic E-state index is -4.65. The third-order valence-corrected chi connectivity index (χ3v) is 9.25. The first-order chi connectivity index (χ1) is 23.0. The molecule has 6 rings (SSSR count). The summed E-state index contributed by atoms with van der Waals surface area (Å²) in [5.41, 5.74) is -0.606. The lowest BCUT2D eigenvalue weighted by Gasteiger charge is -2.36. The number of rotatable bonds is 6. The largest absolute Gasteiger partial charge is 0.416 e. The molecular formula is C34H35F3N8O3. The molecule has 14 heteroatoms. The zero-order valence-corrected chi connectivity index (χ0v) is 26.6. The summed E-state index contributed by atoms with van der Waals surface area (Å²) in [6.07, 6.45) is -0.529. The maximum Gasteiger partial charge on any atom is 0.416 e. The minimum absolute atomic E-state index is 0.00510. The van der Waals surface area contributed by atoms with Crippen molar-refractivity contribution in [2.24, 2.45) is 13.0 Å². The Morgan fingerprint density at radius 1 is 0.938 bits per heavy atom. The van der Waals surface area contributed by atoms with E-state index in [0.29, 0.717) is 42.9 Å². The maximum atomic E-state index is 14.1. The zero-order valence-electron chi connectivity index (χ0n) is 26.6. The van der Waals surface area contributed by atoms with Crippen molar-refractivity contribution in [3.63, 3.8) is 0 Å². The lowest BCUT2D eigenvalue weighted by atomic mass is 9.94. The number of alkyl halides is 3. The van der Waals surface area contributed by atoms with Crippen LogP contribution in [0.5, 0.6) is 0 Å². The van der Waals surface area contributed by atoms with E-state index in [1.165, 1.54) is 34.7 Å². The van der Waals surface area contributed by atoms with Gasteiger partial charge in [0.1, 0.15) is 11.3 Å². The van der Waals surface area contributed by atoms with Crippen LogP contribution in [-0.4, -0.2) is 80.0 Å². The molecule has 0 unspecified atom stereocenters. The van der Waals surface area contributed by atoms with E-state index in [-0.39, 0.29) is 34.8 Å². The van der Waals surface area contributed by atoms with Crippen LogP contribution in [0.25, 0.3) is 22.8 Å². The van der Waals surface area contributed by atoms with E-state index in [1.54, 1.807) is 30.3 Å². The van der Waals surface area contributed by atoms with Crippen molar-refractivity contribution in [1.29, 1.82) is 5.26 Å². The average molecular weight is 661 g/mol. The number of hydrogen-bond donors (Lipinski definition) is 1. The van der Waals surface area contributed by atoms with Crippen LogP contribution in [0.3, 0.4) is 0 Å². The van der Waals surface area contributed by atoms with Gasteiger partial charge in [0.15, 0.2) is 0 Å². The lowest BCUT2D eigenvalue weighted by Crippen LogP contribution is -2.49. The number of carbonyl (C=O) groups excluding carboxylic acids is 2. The number of aromatic nitrogens is 4. The Kier molecular flexibility index (Phi) is 8.98. The third-order valence-electron chi connectivity index (χ3n) is 9.25. The number of piperidine rings is 2. The number of halogens is 3. The number of benzene rings is 2. The highest BCUT2D eigenvalue weighted by Crippen LogP contribution is 2.32. The van der Waals surface area contributed by atoms with Gasteiger partial charge in [-0.1, -0.05) is 6.07 Å². The first kappa shape index (κ1) is 32.8. The maximum absolute atomic E-state index is 14.1. The molecule has 2 amide bonds. The number of nitriles is 1. The third kappa shape index (κ3) is 6.37. The van der Waals surface area contributed by atoms with E-state index in [4.69, 9.17) is 0 Å². The molecule has 4 heterocycles. The summed E-state index contributed by atoms with van der Waals surface area (Å²) < 4.78 is 44.9. The molecule has 2 saturated heterocycles. The summed E-state index contributed by atoms with van der Waals surface area (Å²) in [6, 6.07) is 14.2. The highest BCUT2D eigenvalue weighted by Gasteiger charge is 2.34. The van der Waals surface area contributed by atoms with Crippen LogP contribution < -0.4 is 10.9 Å². The van der Waals surface area contributed by atoms with Gasteiger partial charge in [-0.05, 0) is 94.4 Å². The van der Waals surface area contributed by atoms with Crippen molar-refractivity contribution in [2.75, 3.05) is 33.2 Å². The molecule has 2 fully saturated rings. The highest BCUT2D eigenvalue weighted by atomic mass is 19.4. The van der Waals surface area contributed by atoms with Crippen LogP contribution in [-0.2, 0) is 18.0 Å². The topological polar surface area (TPSA) is 121 Å². The molecule has 250 valence electrons. The van der Waals surface area contributed by atoms with Gasteiger partial charge in [0.05, 0.1) is 40.5 Å². The normalized spacial score (nSPS) is 16.5. The number of hydrogen-bond acceptors (Lipinski definition) is 6. The van der Waals surface area contributed by atoms with Gasteiger partial charge in [-0.15, -0.1) is 0 Å². The standard InChI is InChI=1S/C34H35F3N8O3/c1-41-16-11-23(12-17-41)32(47)43-18-13-25(14-19-43)40-31(46)29-30(28-10-15-39-44(28)26-8-6-22(21-38)7-9-26)42(2)45(33(29)48)27-5-3-4-24(20-27)34(35,36)37/h3-10,15,20,23,25H,11-14,16-19H2,1-2H3,(H,40,46). The van der Waals surface area contributed by atoms with E-state index < -0.39 is 23.2 Å². The average Bonchev–Trinajstić information content (AvgIpc) is 3.66. The second-order valence-corrected chi connectivity index (χ2v) is 12.3. The SMILES string of the molecule is CN1CCC(C(=O)N2CCC(NC(=O)c3c(-c4ccnn4-c4ccc(C#N)cc4)n(C)n(-c4cccc(C(F)(F)F)c4)c3=O)CC2)CC1. The fourth-order valence-electron chi connectivity index (χ4n) is 6.59. The molecule has 48 heavy (non-hydrogen) atoms. The fourth-order valence-corrected chi connectivity index (χ4v) is 6.59. The van der Waals surface area contributed by atoms with Crippen LogP contribution >= 0.6 is 0 Å². The summed E-state index contributed by atoms with van der Waals surface area (Å²) in [6.45, 7) is 2.70. The summed E-state index contributed by atoms with van der Waals surface area (Å²) in [4.78, 5) is 45.3. The number of nitrogens with zero attached hydrogens (tertiary/aromatic N) is 7. The molecule has 11 nitrogen and oxygen atoms in total. The lowest BCUT2D eigenvalue weighted by molar-refractivity contribution is -0.138. The number of carbonyl (C=O) groups is 2. The Hall–Kier alpha value is -5.16. The molecule has 0 bridgehead atoms. The predicted octanol–water partition coefficient (Wildman–Crippen LogP) is 3.98. The summed E-state index contributed by atoms with van der Waals surface area (Å²) >= 11 is 0. The second-order valence-electron chi connectivity index (χ2n) is 12.3. The smallest absolute Gasteiger partial charge is 0.349 e. The number of likely N-dealkylation sites (tertiary alicyclic amines) is 2. The number of amides is 2. The molecular weight excluding hydrogens is 625 g/mol. The predicted molar refractivity (Wildman–Crippen MR) is 171 cm³/mol. The molecule has 0 spiro atoms. The van der Waals surface area contributed by atoms with Gasteiger partial charge in [-0.2, -0.15) is 23.5 Å². The van der Waals surface area contributed by atoms with Crippen LogP contribution in [0.2, 0.25) is 0 Å². The Balaban J connectivity index is 1.33. The highest BCUT2D eigenvalue weighted by molar-refractivity contribution is 6.00. The van der Waals surface area contributed by atoms with Crippen LogP contribution in [0, 0.1) is 17.2 Å². The van der Waals surface area contributed by atoms with Gasteiger partial charge in [-0.3, -0.25) is 19.1 Å². The molecule has 2 aliphatic rings. The molecule has 0 atom stereocenters. The minimum Gasteiger partial charge on any atom is -0.349 e. The Bertz CT molecular complexity index is 1920. The molecule has 1 N–H and O–H groups in total. The second kappa shape index (κ2) is 13.2. The first-order valence-corrected chi connectivity index (χ1v) is 15.8. The van der Waals surface area contributed by atoms with E-state index in [0.717, 1.165) is 42.7 Å². The summed E-state index contributed by atoms with van der Waals surface area (Å²) in [5, 5.41) is 16.6. The molecule has 0 aliphatic carbocycles. The van der Waals surface area contributed by atoms with Gasteiger partial charge >= 0.3 is 6.18 Å². The van der Waals surface area contributed by atoms with Crippen molar-refractivity contribution >= 4 is 11.8 Å². The zero-order chi connectivity index (χ0) is 34.2. The Morgan fingerprint density at radius 3 is 2.27 bits per heavy atom. The summed E-state index contributed by atoms with van der Waals surface area (Å²) in [5.74, 6) is -0.545. The van der Waals surface area contributed by atoms with Gasteiger partial charge < -0.3 is 15.1 Å². The van der Waals surface area contributed by atoms with Gasteiger partial charge in [0.2, 0.25) is 5.91 Å². The monoisotopic (exact) mass is 660 g/mol. The van der Waals surface area contributed by atoms with Crippen molar-refractivity contribution in [3.05, 3.63) is 87.8 Å². The van der Waals surface area contributed by atoms with E-state index in [1.807, 2.05) is 11.9 Å². The van der Waals surface area contributed by atoms with Crippen LogP contribution in [0.4, 0.5) is 13.2 Å². The Morgan fingerprint density at radius 2 is 1.62 bits per heavy atom. The molecule has 2 aromatic carbocycles. The fraction of sp³-hybridized carbons (Fsp3) is 0.382. The van der Waals surface area contributed by atoms with Gasteiger partial charge in [0, 0.05) is 32.1 Å². The summed E-state index contributed by atoms with van der Waals surface area (Å²) in [7, 11) is 3.54. The van der Waals surface area contributed by atoms with Crippen LogP contribution in [0.1, 0.15) is 47.2 Å². The quantitative estimate of drug-likeness (QED) is 0.334. The van der Waals surface area contributed by atoms with Crippen molar-refractivity contribution in [3.8, 4) is 28.8 Å². The molecule has 0 saturated carbocycles. The molecule has 2 aliphatic heterocycles. The van der Waals surface area contributed by atoms with E-state index in [2.05, 4.69) is 21.4 Å². The first-order valence-electron chi connectivity index (χ1n) is 15.8.